The molecule has 14 heteroatoms. The van der Waals surface area contributed by atoms with Crippen molar-refractivity contribution in [2.24, 2.45) is 5.41 Å². The fourth-order valence-corrected chi connectivity index (χ4v) is 7.69. The van der Waals surface area contributed by atoms with E-state index in [0.717, 1.165) is 16.6 Å². The highest BCUT2D eigenvalue weighted by atomic mass is 35.5. The average molecular weight is 686 g/mol. The van der Waals surface area contributed by atoms with Crippen LogP contribution in [0.15, 0.2) is 42.7 Å². The Morgan fingerprint density at radius 3 is 2.62 bits per heavy atom. The zero-order valence-electron chi connectivity index (χ0n) is 26.8. The number of rotatable bonds is 9. The van der Waals surface area contributed by atoms with E-state index in [1.807, 2.05) is 42.1 Å². The van der Waals surface area contributed by atoms with Gasteiger partial charge in [-0.2, -0.15) is 15.2 Å². The van der Waals surface area contributed by atoms with Gasteiger partial charge in [0.05, 0.1) is 42.4 Å². The van der Waals surface area contributed by atoms with Crippen LogP contribution in [0.4, 0.5) is 29.1 Å². The lowest BCUT2D eigenvalue weighted by Crippen LogP contribution is -2.56. The van der Waals surface area contributed by atoms with Crippen molar-refractivity contribution in [3.8, 4) is 12.1 Å². The molecule has 1 atom stereocenters. The van der Waals surface area contributed by atoms with Crippen molar-refractivity contribution in [3.05, 3.63) is 64.8 Å². The number of halogens is 5. The number of carbonyl (C=O) groups is 1. The number of nitriles is 1. The average Bonchev–Trinajstić information content (AvgIpc) is 3.03. The van der Waals surface area contributed by atoms with Gasteiger partial charge in [-0.3, -0.25) is 4.79 Å². The molecule has 254 valence electrons. The van der Waals surface area contributed by atoms with Crippen LogP contribution in [-0.4, -0.2) is 91.1 Å². The summed E-state index contributed by atoms with van der Waals surface area (Å²) in [5.41, 5.74) is 1.43. The standard InChI is InChI=1S/C34H36ClF4N7O2/c1-21(36)31(47)46-14-13-45(15-23(46)9-11-40)30-24-10-12-44(27-6-4-5-22-7-8-25(37)29(35)28(22)27)16-26(24)41-32(42-30)48-20-33(19-43(2)3)17-34(38,39)18-33/h4-8,23H,1,9-10,12-20H2,2-3H3. The van der Waals surface area contributed by atoms with Crippen LogP contribution in [-0.2, 0) is 17.8 Å². The predicted octanol–water partition coefficient (Wildman–Crippen LogP) is 5.75. The van der Waals surface area contributed by atoms with E-state index in [1.54, 1.807) is 6.07 Å². The molecular formula is C34H36ClF4N7O2. The van der Waals surface area contributed by atoms with E-state index in [2.05, 4.69) is 17.5 Å². The number of hydrogen-bond acceptors (Lipinski definition) is 8. The predicted molar refractivity (Wildman–Crippen MR) is 175 cm³/mol. The van der Waals surface area contributed by atoms with E-state index in [0.29, 0.717) is 49.5 Å². The summed E-state index contributed by atoms with van der Waals surface area (Å²) >= 11 is 6.46. The summed E-state index contributed by atoms with van der Waals surface area (Å²) < 4.78 is 62.8. The van der Waals surface area contributed by atoms with E-state index in [-0.39, 0.29) is 50.0 Å². The molecule has 3 aromatic rings. The molecule has 3 heterocycles. The Kier molecular flexibility index (Phi) is 9.17. The minimum Gasteiger partial charge on any atom is -0.463 e. The number of amides is 1. The Morgan fingerprint density at radius 2 is 1.94 bits per heavy atom. The van der Waals surface area contributed by atoms with Crippen LogP contribution < -0.4 is 14.5 Å². The summed E-state index contributed by atoms with van der Waals surface area (Å²) in [7, 11) is 3.65. The monoisotopic (exact) mass is 685 g/mol. The SMILES string of the molecule is C=C(F)C(=O)N1CCN(c2nc(OCC3(CN(C)C)CC(F)(F)C3)nc3c2CCN(c2cccc4ccc(F)c(Cl)c24)C3)CC1CC#N. The van der Waals surface area contributed by atoms with Gasteiger partial charge in [0.25, 0.3) is 5.91 Å². The van der Waals surface area contributed by atoms with Crippen molar-refractivity contribution in [1.29, 1.82) is 5.26 Å². The maximum absolute atomic E-state index is 14.6. The Bertz CT molecular complexity index is 1790. The number of piperazine rings is 1. The minimum atomic E-state index is -2.77. The molecule has 9 nitrogen and oxygen atoms in total. The molecule has 2 aromatic carbocycles. The Hall–Kier alpha value is -4.15. The Balaban J connectivity index is 1.36. The molecule has 2 aliphatic heterocycles. The summed E-state index contributed by atoms with van der Waals surface area (Å²) in [6.45, 7) is 4.98. The number of hydrogen-bond donors (Lipinski definition) is 0. The highest BCUT2D eigenvalue weighted by Crippen LogP contribution is 2.52. The lowest BCUT2D eigenvalue weighted by molar-refractivity contribution is -0.178. The third kappa shape index (κ3) is 6.60. The van der Waals surface area contributed by atoms with E-state index >= 15 is 0 Å². The number of anilines is 2. The Labute approximate surface area is 281 Å². The Morgan fingerprint density at radius 1 is 1.17 bits per heavy atom. The van der Waals surface area contributed by atoms with Crippen molar-refractivity contribution < 1.29 is 27.1 Å². The van der Waals surface area contributed by atoms with Crippen molar-refractivity contribution in [1.82, 2.24) is 19.8 Å². The summed E-state index contributed by atoms with van der Waals surface area (Å²) in [4.78, 5) is 29.3. The van der Waals surface area contributed by atoms with Gasteiger partial charge in [0.2, 0.25) is 5.92 Å². The molecule has 1 unspecified atom stereocenters. The number of alkyl halides is 2. The molecule has 0 radical (unpaired) electrons. The van der Waals surface area contributed by atoms with Crippen LogP contribution in [0.25, 0.3) is 10.8 Å². The van der Waals surface area contributed by atoms with Crippen molar-refractivity contribution in [2.45, 2.75) is 44.2 Å². The van der Waals surface area contributed by atoms with E-state index in [9.17, 15) is 27.6 Å². The van der Waals surface area contributed by atoms with Crippen LogP contribution in [0.5, 0.6) is 6.01 Å². The number of ether oxygens (including phenoxy) is 1. The zero-order valence-corrected chi connectivity index (χ0v) is 27.5. The largest absolute Gasteiger partial charge is 0.463 e. The van der Waals surface area contributed by atoms with Crippen LogP contribution >= 0.6 is 11.6 Å². The van der Waals surface area contributed by atoms with Gasteiger partial charge in [-0.25, -0.2) is 17.6 Å². The quantitative estimate of drug-likeness (QED) is 0.208. The number of benzene rings is 2. The van der Waals surface area contributed by atoms with Crippen molar-refractivity contribution in [2.75, 3.05) is 63.2 Å². The second kappa shape index (κ2) is 13.0. The maximum Gasteiger partial charge on any atom is 0.318 e. The first-order chi connectivity index (χ1) is 22.8. The fraction of sp³-hybridized carbons (Fsp3) is 0.471. The van der Waals surface area contributed by atoms with Gasteiger partial charge in [0, 0.05) is 67.6 Å². The van der Waals surface area contributed by atoms with E-state index < -0.39 is 34.9 Å². The van der Waals surface area contributed by atoms with Gasteiger partial charge in [0.15, 0.2) is 5.83 Å². The van der Waals surface area contributed by atoms with Gasteiger partial charge >= 0.3 is 6.01 Å². The summed E-state index contributed by atoms with van der Waals surface area (Å²) in [6, 6.07) is 10.1. The van der Waals surface area contributed by atoms with Gasteiger partial charge in [0.1, 0.15) is 11.6 Å². The first kappa shape index (κ1) is 33.7. The molecular weight excluding hydrogens is 650 g/mol. The second-order valence-electron chi connectivity index (χ2n) is 13.3. The van der Waals surface area contributed by atoms with Crippen LogP contribution in [0.3, 0.4) is 0 Å². The number of aromatic nitrogens is 2. The molecule has 0 N–H and O–H groups in total. The third-order valence-corrected chi connectivity index (χ3v) is 9.67. The lowest BCUT2D eigenvalue weighted by Gasteiger charge is -2.48. The highest BCUT2D eigenvalue weighted by molar-refractivity contribution is 6.36. The van der Waals surface area contributed by atoms with Crippen LogP contribution in [0, 0.1) is 22.6 Å². The molecule has 48 heavy (non-hydrogen) atoms. The van der Waals surface area contributed by atoms with Crippen molar-refractivity contribution >= 4 is 39.8 Å². The molecule has 1 saturated carbocycles. The third-order valence-electron chi connectivity index (χ3n) is 9.30. The summed E-state index contributed by atoms with van der Waals surface area (Å²) in [5, 5.41) is 10.9. The smallest absolute Gasteiger partial charge is 0.318 e. The number of carbonyl (C=O) groups excluding carboxylic acids is 1. The lowest BCUT2D eigenvalue weighted by atomic mass is 9.66. The summed E-state index contributed by atoms with van der Waals surface area (Å²) in [5.74, 6) is -4.69. The zero-order chi connectivity index (χ0) is 34.4. The number of fused-ring (bicyclic) bond motifs is 2. The van der Waals surface area contributed by atoms with Gasteiger partial charge in [-0.05, 0) is 38.0 Å². The highest BCUT2D eigenvalue weighted by Gasteiger charge is 2.57. The van der Waals surface area contributed by atoms with Gasteiger partial charge in [-0.1, -0.05) is 36.4 Å². The molecule has 1 aromatic heterocycles. The van der Waals surface area contributed by atoms with Crippen molar-refractivity contribution in [3.63, 3.8) is 0 Å². The second-order valence-corrected chi connectivity index (χ2v) is 13.6. The molecule has 0 bridgehead atoms. The van der Waals surface area contributed by atoms with Crippen LogP contribution in [0.1, 0.15) is 30.5 Å². The van der Waals surface area contributed by atoms with E-state index in [4.69, 9.17) is 26.3 Å². The maximum atomic E-state index is 14.6. The first-order valence-corrected chi connectivity index (χ1v) is 16.1. The summed E-state index contributed by atoms with van der Waals surface area (Å²) in [6.07, 6.45) is -0.157. The molecule has 1 saturated heterocycles. The molecule has 1 aliphatic carbocycles. The molecule has 3 aliphatic rings. The fourth-order valence-electron chi connectivity index (χ4n) is 7.42. The van der Waals surface area contributed by atoms with Gasteiger partial charge < -0.3 is 24.3 Å². The van der Waals surface area contributed by atoms with Gasteiger partial charge in [-0.15, -0.1) is 0 Å². The molecule has 1 amide bonds. The van der Waals surface area contributed by atoms with E-state index in [1.165, 1.54) is 11.0 Å². The topological polar surface area (TPSA) is 88.8 Å². The number of nitrogens with zero attached hydrogens (tertiary/aromatic N) is 7. The molecule has 2 fully saturated rings. The molecule has 6 rings (SSSR count). The minimum absolute atomic E-state index is 0.0150. The van der Waals surface area contributed by atoms with Crippen LogP contribution in [0.2, 0.25) is 5.02 Å². The first-order valence-electron chi connectivity index (χ1n) is 15.7. The normalized spacial score (nSPS) is 19.9. The molecule has 0 spiro atoms.